The van der Waals surface area contributed by atoms with Crippen LogP contribution in [0.3, 0.4) is 0 Å². The molecule has 0 spiro atoms. The highest BCUT2D eigenvalue weighted by Gasteiger charge is 2.18. The van der Waals surface area contributed by atoms with Crippen molar-refractivity contribution in [2.45, 2.75) is 32.2 Å². The standard InChI is InChI=1S/C16H24N2/c1-18-8-7-14(12-18)11-17-10-13-5-6-15-3-2-4-16(15)9-13/h5-6,9,14,17H,2-4,7-8,10-12H2,1H3. The van der Waals surface area contributed by atoms with Crippen molar-refractivity contribution >= 4 is 0 Å². The van der Waals surface area contributed by atoms with Crippen molar-refractivity contribution in [1.82, 2.24) is 10.2 Å². The predicted octanol–water partition coefficient (Wildman–Crippen LogP) is 2.22. The normalized spacial score (nSPS) is 23.5. The molecule has 0 aromatic heterocycles. The number of benzene rings is 1. The summed E-state index contributed by atoms with van der Waals surface area (Å²) in [5, 5.41) is 3.63. The Morgan fingerprint density at radius 1 is 1.28 bits per heavy atom. The lowest BCUT2D eigenvalue weighted by molar-refractivity contribution is 0.388. The maximum atomic E-state index is 3.63. The number of aryl methyl sites for hydroxylation is 2. The minimum absolute atomic E-state index is 0.851. The number of fused-ring (bicyclic) bond motifs is 1. The monoisotopic (exact) mass is 244 g/mol. The van der Waals surface area contributed by atoms with E-state index in [9.17, 15) is 0 Å². The van der Waals surface area contributed by atoms with Gasteiger partial charge in [-0.15, -0.1) is 0 Å². The van der Waals surface area contributed by atoms with Gasteiger partial charge in [-0.05, 0) is 68.4 Å². The van der Waals surface area contributed by atoms with Crippen LogP contribution < -0.4 is 5.32 Å². The SMILES string of the molecule is CN1CCC(CNCc2ccc3c(c2)CCC3)C1. The second-order valence-electron chi connectivity index (χ2n) is 6.00. The summed E-state index contributed by atoms with van der Waals surface area (Å²) in [5.41, 5.74) is 4.63. The zero-order valence-corrected chi connectivity index (χ0v) is 11.4. The van der Waals surface area contributed by atoms with Crippen molar-refractivity contribution in [2.24, 2.45) is 5.92 Å². The molecule has 1 N–H and O–H groups in total. The lowest BCUT2D eigenvalue weighted by Gasteiger charge is -2.12. The Morgan fingerprint density at radius 3 is 3.00 bits per heavy atom. The molecule has 1 unspecified atom stereocenters. The molecule has 1 aromatic carbocycles. The third-order valence-corrected chi connectivity index (χ3v) is 4.41. The first-order valence-electron chi connectivity index (χ1n) is 7.31. The van der Waals surface area contributed by atoms with E-state index in [-0.39, 0.29) is 0 Å². The molecule has 1 aliphatic heterocycles. The van der Waals surface area contributed by atoms with Crippen molar-refractivity contribution in [3.63, 3.8) is 0 Å². The number of rotatable bonds is 4. The Kier molecular flexibility index (Phi) is 3.67. The van der Waals surface area contributed by atoms with Crippen LogP contribution in [0, 0.1) is 5.92 Å². The summed E-state index contributed by atoms with van der Waals surface area (Å²) in [7, 11) is 2.22. The van der Waals surface area contributed by atoms with Crippen molar-refractivity contribution in [3.8, 4) is 0 Å². The molecule has 1 heterocycles. The van der Waals surface area contributed by atoms with Crippen LogP contribution >= 0.6 is 0 Å². The minimum atomic E-state index is 0.851. The van der Waals surface area contributed by atoms with Gasteiger partial charge in [0.1, 0.15) is 0 Å². The molecule has 0 bridgehead atoms. The highest BCUT2D eigenvalue weighted by molar-refractivity contribution is 5.35. The van der Waals surface area contributed by atoms with Crippen molar-refractivity contribution in [3.05, 3.63) is 34.9 Å². The lowest BCUT2D eigenvalue weighted by atomic mass is 10.1. The molecule has 1 saturated heterocycles. The average molecular weight is 244 g/mol. The van der Waals surface area contributed by atoms with Crippen LogP contribution in [0.15, 0.2) is 18.2 Å². The van der Waals surface area contributed by atoms with Gasteiger partial charge in [0.05, 0.1) is 0 Å². The lowest BCUT2D eigenvalue weighted by Crippen LogP contribution is -2.24. The summed E-state index contributed by atoms with van der Waals surface area (Å²) in [5.74, 6) is 0.851. The number of hydrogen-bond acceptors (Lipinski definition) is 2. The third kappa shape index (κ3) is 2.76. The minimum Gasteiger partial charge on any atom is -0.312 e. The smallest absolute Gasteiger partial charge is 0.0205 e. The van der Waals surface area contributed by atoms with Crippen molar-refractivity contribution < 1.29 is 0 Å². The van der Waals surface area contributed by atoms with Crippen molar-refractivity contribution in [2.75, 3.05) is 26.7 Å². The van der Waals surface area contributed by atoms with Gasteiger partial charge < -0.3 is 10.2 Å². The van der Waals surface area contributed by atoms with Crippen LogP contribution in [0.25, 0.3) is 0 Å². The van der Waals surface area contributed by atoms with E-state index < -0.39 is 0 Å². The zero-order valence-electron chi connectivity index (χ0n) is 11.4. The summed E-state index contributed by atoms with van der Waals surface area (Å²) in [6, 6.07) is 7.05. The molecule has 0 radical (unpaired) electrons. The number of nitrogens with zero attached hydrogens (tertiary/aromatic N) is 1. The summed E-state index contributed by atoms with van der Waals surface area (Å²) < 4.78 is 0. The van der Waals surface area contributed by atoms with Crippen LogP contribution in [-0.4, -0.2) is 31.6 Å². The molecular weight excluding hydrogens is 220 g/mol. The molecule has 3 rings (SSSR count). The number of hydrogen-bond donors (Lipinski definition) is 1. The van der Waals surface area contributed by atoms with Gasteiger partial charge >= 0.3 is 0 Å². The maximum absolute atomic E-state index is 3.63. The van der Waals surface area contributed by atoms with E-state index in [4.69, 9.17) is 0 Å². The molecule has 2 nitrogen and oxygen atoms in total. The van der Waals surface area contributed by atoms with Gasteiger partial charge in [-0.2, -0.15) is 0 Å². The summed E-state index contributed by atoms with van der Waals surface area (Å²) in [6.07, 6.45) is 5.28. The Labute approximate surface area is 110 Å². The summed E-state index contributed by atoms with van der Waals surface area (Å²) >= 11 is 0. The fourth-order valence-corrected chi connectivity index (χ4v) is 3.35. The molecule has 1 aromatic rings. The van der Waals surface area contributed by atoms with Crippen LogP contribution in [0.5, 0.6) is 0 Å². The van der Waals surface area contributed by atoms with E-state index in [0.29, 0.717) is 0 Å². The average Bonchev–Trinajstić information content (AvgIpc) is 2.97. The highest BCUT2D eigenvalue weighted by atomic mass is 15.1. The molecule has 0 saturated carbocycles. The van der Waals surface area contributed by atoms with E-state index in [0.717, 1.165) is 12.5 Å². The first kappa shape index (κ1) is 12.2. The van der Waals surface area contributed by atoms with Crippen LogP contribution in [0.2, 0.25) is 0 Å². The van der Waals surface area contributed by atoms with E-state index in [2.05, 4.69) is 35.5 Å². The van der Waals surface area contributed by atoms with Crippen LogP contribution in [-0.2, 0) is 19.4 Å². The Balaban J connectivity index is 1.48. The summed E-state index contributed by atoms with van der Waals surface area (Å²) in [6.45, 7) is 4.73. The highest BCUT2D eigenvalue weighted by Crippen LogP contribution is 2.22. The first-order chi connectivity index (χ1) is 8.81. The molecular formula is C16H24N2. The van der Waals surface area contributed by atoms with E-state index >= 15 is 0 Å². The first-order valence-corrected chi connectivity index (χ1v) is 7.31. The van der Waals surface area contributed by atoms with Crippen LogP contribution in [0.1, 0.15) is 29.5 Å². The largest absolute Gasteiger partial charge is 0.312 e. The fourth-order valence-electron chi connectivity index (χ4n) is 3.35. The summed E-state index contributed by atoms with van der Waals surface area (Å²) in [4.78, 5) is 2.43. The molecule has 2 heteroatoms. The third-order valence-electron chi connectivity index (χ3n) is 4.41. The predicted molar refractivity (Wildman–Crippen MR) is 75.8 cm³/mol. The van der Waals surface area contributed by atoms with Crippen LogP contribution in [0.4, 0.5) is 0 Å². The van der Waals surface area contributed by atoms with Gasteiger partial charge in [-0.25, -0.2) is 0 Å². The zero-order chi connectivity index (χ0) is 12.4. The quantitative estimate of drug-likeness (QED) is 0.873. The Hall–Kier alpha value is -0.860. The second-order valence-corrected chi connectivity index (χ2v) is 6.00. The maximum Gasteiger partial charge on any atom is 0.0205 e. The van der Waals surface area contributed by atoms with Crippen molar-refractivity contribution in [1.29, 1.82) is 0 Å². The van der Waals surface area contributed by atoms with Gasteiger partial charge in [0.25, 0.3) is 0 Å². The second kappa shape index (κ2) is 5.41. The van der Waals surface area contributed by atoms with Gasteiger partial charge in [-0.1, -0.05) is 18.2 Å². The molecule has 98 valence electrons. The Morgan fingerprint density at radius 2 is 2.17 bits per heavy atom. The van der Waals surface area contributed by atoms with Gasteiger partial charge in [0.2, 0.25) is 0 Å². The number of likely N-dealkylation sites (tertiary alicyclic amines) is 1. The van der Waals surface area contributed by atoms with E-state index in [1.165, 1.54) is 50.9 Å². The van der Waals surface area contributed by atoms with Gasteiger partial charge in [0, 0.05) is 13.1 Å². The van der Waals surface area contributed by atoms with Gasteiger partial charge in [-0.3, -0.25) is 0 Å². The molecule has 2 aliphatic rings. The molecule has 1 aliphatic carbocycles. The van der Waals surface area contributed by atoms with E-state index in [1.54, 1.807) is 11.1 Å². The molecule has 1 atom stereocenters. The fraction of sp³-hybridized carbons (Fsp3) is 0.625. The molecule has 0 amide bonds. The van der Waals surface area contributed by atoms with E-state index in [1.807, 2.05) is 0 Å². The molecule has 1 fully saturated rings. The topological polar surface area (TPSA) is 15.3 Å². The molecule has 18 heavy (non-hydrogen) atoms. The Bertz CT molecular complexity index is 414. The van der Waals surface area contributed by atoms with Gasteiger partial charge in [0.15, 0.2) is 0 Å². The number of nitrogens with one attached hydrogen (secondary N) is 1.